The molecule has 44 heavy (non-hydrogen) atoms. The largest absolute Gasteiger partial charge is 0.497 e. The minimum atomic E-state index is -0.308. The number of nitrogens with zero attached hydrogens (tertiary/aromatic N) is 4. The van der Waals surface area contributed by atoms with Gasteiger partial charge in [-0.3, -0.25) is 9.59 Å². The van der Waals surface area contributed by atoms with E-state index in [0.29, 0.717) is 47.1 Å². The summed E-state index contributed by atoms with van der Waals surface area (Å²) in [5.74, 6) is 2.19. The van der Waals surface area contributed by atoms with Crippen molar-refractivity contribution in [3.63, 3.8) is 0 Å². The molecule has 10 heteroatoms. The van der Waals surface area contributed by atoms with Gasteiger partial charge in [0.05, 0.1) is 38.7 Å². The summed E-state index contributed by atoms with van der Waals surface area (Å²) in [6.45, 7) is 1.16. The van der Waals surface area contributed by atoms with Gasteiger partial charge in [0.1, 0.15) is 36.2 Å². The summed E-state index contributed by atoms with van der Waals surface area (Å²) < 4.78 is 22.1. The lowest BCUT2D eigenvalue weighted by Gasteiger charge is -2.17. The first kappa shape index (κ1) is 28.5. The van der Waals surface area contributed by atoms with E-state index in [0.717, 1.165) is 11.5 Å². The van der Waals surface area contributed by atoms with Crippen LogP contribution in [0, 0.1) is 0 Å². The Labute approximate surface area is 254 Å². The van der Waals surface area contributed by atoms with E-state index in [1.165, 1.54) is 0 Å². The summed E-state index contributed by atoms with van der Waals surface area (Å²) in [5, 5.41) is 8.72. The Bertz CT molecular complexity index is 1600. The van der Waals surface area contributed by atoms with Crippen molar-refractivity contribution in [1.29, 1.82) is 0 Å². The maximum atomic E-state index is 13.5. The van der Waals surface area contributed by atoms with Gasteiger partial charge in [-0.15, -0.1) is 10.2 Å². The Morgan fingerprint density at radius 3 is 1.27 bits per heavy atom. The van der Waals surface area contributed by atoms with E-state index in [9.17, 15) is 9.59 Å². The summed E-state index contributed by atoms with van der Waals surface area (Å²) in [6, 6.07) is 29.3. The summed E-state index contributed by atoms with van der Waals surface area (Å²) >= 11 is 0. The van der Waals surface area contributed by atoms with Crippen LogP contribution >= 0.6 is 0 Å². The van der Waals surface area contributed by atoms with E-state index in [4.69, 9.17) is 18.9 Å². The van der Waals surface area contributed by atoms with Gasteiger partial charge >= 0.3 is 0 Å². The normalized spacial score (nSPS) is 15.5. The summed E-state index contributed by atoms with van der Waals surface area (Å²) in [7, 11) is 3.21. The van der Waals surface area contributed by atoms with E-state index in [-0.39, 0.29) is 36.5 Å². The highest BCUT2D eigenvalue weighted by atomic mass is 16.5. The lowest BCUT2D eigenvalue weighted by molar-refractivity contribution is -0.113. The Morgan fingerprint density at radius 2 is 0.886 bits per heavy atom. The molecule has 4 aromatic rings. The number of carbonyl (C=O) groups is 2. The predicted octanol–water partition coefficient (Wildman–Crippen LogP) is 4.75. The van der Waals surface area contributed by atoms with Gasteiger partial charge in [0.2, 0.25) is 0 Å². The van der Waals surface area contributed by atoms with Crippen molar-refractivity contribution < 1.29 is 28.5 Å². The van der Waals surface area contributed by atoms with Crippen molar-refractivity contribution >= 4 is 34.6 Å². The van der Waals surface area contributed by atoms with Gasteiger partial charge in [0.25, 0.3) is 11.8 Å². The Hall–Kier alpha value is -5.64. The predicted molar refractivity (Wildman–Crippen MR) is 168 cm³/mol. The second kappa shape index (κ2) is 12.7. The third kappa shape index (κ3) is 5.69. The van der Waals surface area contributed by atoms with Crippen molar-refractivity contribution in [3.8, 4) is 23.0 Å². The Kier molecular flexibility index (Phi) is 8.22. The fourth-order valence-electron chi connectivity index (χ4n) is 5.11. The van der Waals surface area contributed by atoms with Crippen LogP contribution in [0.3, 0.4) is 0 Å². The van der Waals surface area contributed by atoms with E-state index in [1.54, 1.807) is 24.0 Å². The van der Waals surface area contributed by atoms with Crippen LogP contribution in [0.1, 0.15) is 11.1 Å². The molecular weight excluding hydrogens is 560 g/mol. The first-order valence-corrected chi connectivity index (χ1v) is 14.1. The number of benzene rings is 4. The Balaban J connectivity index is 1.18. The van der Waals surface area contributed by atoms with Crippen LogP contribution in [0.5, 0.6) is 23.0 Å². The third-order valence-electron chi connectivity index (χ3n) is 7.33. The lowest BCUT2D eigenvalue weighted by Crippen LogP contribution is -2.34. The number of hydrogen-bond acceptors (Lipinski definition) is 8. The molecule has 2 heterocycles. The van der Waals surface area contributed by atoms with Gasteiger partial charge in [-0.2, -0.15) is 0 Å². The molecule has 0 saturated heterocycles. The SMILES string of the molecule is COc1ccc(OCCN2C(=O)C(=NN=C3C(=O)N(CCOc4ccc(OC)cc4)c4ccccc43)c3ccccc32)cc1. The quantitative estimate of drug-likeness (QED) is 0.234. The fraction of sp³-hybridized carbons (Fsp3) is 0.176. The molecule has 0 aromatic heterocycles. The maximum absolute atomic E-state index is 13.5. The first-order chi connectivity index (χ1) is 21.6. The maximum Gasteiger partial charge on any atom is 0.279 e. The highest BCUT2D eigenvalue weighted by Crippen LogP contribution is 2.31. The van der Waals surface area contributed by atoms with Gasteiger partial charge < -0.3 is 28.7 Å². The molecule has 0 aliphatic carbocycles. The van der Waals surface area contributed by atoms with Crippen LogP contribution in [0.4, 0.5) is 11.4 Å². The molecule has 2 aliphatic rings. The van der Waals surface area contributed by atoms with Crippen molar-refractivity contribution in [2.45, 2.75) is 0 Å². The van der Waals surface area contributed by atoms with Crippen molar-refractivity contribution in [1.82, 2.24) is 0 Å². The van der Waals surface area contributed by atoms with Gasteiger partial charge in [-0.1, -0.05) is 36.4 Å². The van der Waals surface area contributed by atoms with E-state index in [2.05, 4.69) is 10.2 Å². The van der Waals surface area contributed by atoms with E-state index >= 15 is 0 Å². The van der Waals surface area contributed by atoms with Gasteiger partial charge in [0, 0.05) is 11.1 Å². The van der Waals surface area contributed by atoms with Crippen LogP contribution in [0.25, 0.3) is 0 Å². The average molecular weight is 591 g/mol. The molecule has 4 aromatic carbocycles. The monoisotopic (exact) mass is 590 g/mol. The summed E-state index contributed by atoms with van der Waals surface area (Å²) in [6.07, 6.45) is 0. The van der Waals surface area contributed by atoms with Crippen LogP contribution in [0.15, 0.2) is 107 Å². The number of amides is 2. The van der Waals surface area contributed by atoms with Crippen molar-refractivity contribution in [3.05, 3.63) is 108 Å². The zero-order valence-corrected chi connectivity index (χ0v) is 24.3. The summed E-state index contributed by atoms with van der Waals surface area (Å²) in [5.41, 5.74) is 3.06. The molecule has 222 valence electrons. The van der Waals surface area contributed by atoms with E-state index in [1.807, 2.05) is 97.1 Å². The molecule has 0 radical (unpaired) electrons. The molecule has 2 aliphatic heterocycles. The van der Waals surface area contributed by atoms with Crippen LogP contribution in [0.2, 0.25) is 0 Å². The van der Waals surface area contributed by atoms with Crippen molar-refractivity contribution in [2.24, 2.45) is 10.2 Å². The number of fused-ring (bicyclic) bond motifs is 2. The minimum Gasteiger partial charge on any atom is -0.497 e. The molecular formula is C34H30N4O6. The third-order valence-corrected chi connectivity index (χ3v) is 7.33. The zero-order chi connectivity index (χ0) is 30.5. The second-order valence-corrected chi connectivity index (χ2v) is 9.89. The molecule has 0 bridgehead atoms. The summed E-state index contributed by atoms with van der Waals surface area (Å²) in [4.78, 5) is 30.3. The minimum absolute atomic E-state index is 0.170. The number of hydrogen-bond donors (Lipinski definition) is 0. The van der Waals surface area contributed by atoms with Crippen LogP contribution < -0.4 is 28.7 Å². The molecule has 0 N–H and O–H groups in total. The highest BCUT2D eigenvalue weighted by Gasteiger charge is 2.36. The highest BCUT2D eigenvalue weighted by molar-refractivity contribution is 6.56. The second-order valence-electron chi connectivity index (χ2n) is 9.89. The molecule has 0 spiro atoms. The zero-order valence-electron chi connectivity index (χ0n) is 24.3. The number of ether oxygens (including phenoxy) is 4. The molecule has 2 amide bonds. The molecule has 0 saturated carbocycles. The van der Waals surface area contributed by atoms with Gasteiger partial charge in [-0.25, -0.2) is 0 Å². The molecule has 6 rings (SSSR count). The first-order valence-electron chi connectivity index (χ1n) is 14.1. The van der Waals surface area contributed by atoms with Gasteiger partial charge in [0.15, 0.2) is 11.4 Å². The average Bonchev–Trinajstić information content (AvgIpc) is 3.49. The number of methoxy groups -OCH3 is 2. The molecule has 0 unspecified atom stereocenters. The molecule has 10 nitrogen and oxygen atoms in total. The van der Waals surface area contributed by atoms with E-state index < -0.39 is 0 Å². The Morgan fingerprint density at radius 1 is 0.523 bits per heavy atom. The van der Waals surface area contributed by atoms with Crippen LogP contribution in [-0.4, -0.2) is 63.8 Å². The molecule has 0 atom stereocenters. The lowest BCUT2D eigenvalue weighted by atomic mass is 10.1. The van der Waals surface area contributed by atoms with Crippen molar-refractivity contribution in [2.75, 3.05) is 50.3 Å². The molecule has 0 fully saturated rings. The number of carbonyl (C=O) groups excluding carboxylic acids is 2. The number of para-hydroxylation sites is 2. The topological polar surface area (TPSA) is 102 Å². The smallest absolute Gasteiger partial charge is 0.279 e. The van der Waals surface area contributed by atoms with Crippen LogP contribution in [-0.2, 0) is 9.59 Å². The fourth-order valence-corrected chi connectivity index (χ4v) is 5.11. The van der Waals surface area contributed by atoms with Gasteiger partial charge in [-0.05, 0) is 60.7 Å². The standard InChI is InChI=1S/C34H30N4O6/c1-41-23-11-15-25(16-12-23)43-21-19-37-29-9-5-3-7-27(29)31(33(37)39)35-36-32-28-8-4-6-10-30(28)38(34(32)40)20-22-44-26-17-13-24(42-2)14-18-26/h3-18H,19-22H2,1-2H3. The number of anilines is 2. The number of rotatable bonds is 11.